The highest BCUT2D eigenvalue weighted by molar-refractivity contribution is 6.45. The standard InChI is InChI=1S/C33H25BNO/c1-33(2)28-20-25(34-36)14-16-31(28)35-30-15-13-23(21-9-5-3-6-10-21)17-26(30)27-18-24(19-29(33)32(27)35)22-11-7-4-8-12-22/h3-20,36H,1-2H3. The van der Waals surface area contributed by atoms with Crippen molar-refractivity contribution >= 4 is 34.8 Å². The fourth-order valence-electron chi connectivity index (χ4n) is 5.96. The predicted molar refractivity (Wildman–Crippen MR) is 151 cm³/mol. The van der Waals surface area contributed by atoms with Gasteiger partial charge < -0.3 is 9.59 Å². The monoisotopic (exact) mass is 462 g/mol. The molecule has 3 heteroatoms. The van der Waals surface area contributed by atoms with Crippen molar-refractivity contribution in [2.24, 2.45) is 0 Å². The quantitative estimate of drug-likeness (QED) is 0.282. The lowest BCUT2D eigenvalue weighted by atomic mass is 9.72. The minimum Gasteiger partial charge on any atom is -0.450 e. The number of hydrogen-bond acceptors (Lipinski definition) is 1. The van der Waals surface area contributed by atoms with Crippen molar-refractivity contribution in [3.63, 3.8) is 0 Å². The van der Waals surface area contributed by atoms with E-state index in [0.717, 1.165) is 5.46 Å². The summed E-state index contributed by atoms with van der Waals surface area (Å²) in [6.07, 6.45) is 0. The normalized spacial score (nSPS) is 13.6. The Hall–Kier alpha value is -4.08. The van der Waals surface area contributed by atoms with Crippen LogP contribution in [-0.2, 0) is 5.41 Å². The van der Waals surface area contributed by atoms with Crippen LogP contribution in [-0.4, -0.2) is 17.1 Å². The van der Waals surface area contributed by atoms with Crippen LogP contribution in [0.2, 0.25) is 0 Å². The number of hydrogen-bond donors (Lipinski definition) is 1. The van der Waals surface area contributed by atoms with Crippen LogP contribution in [0.4, 0.5) is 0 Å². The van der Waals surface area contributed by atoms with Crippen LogP contribution in [0.15, 0.2) is 109 Å². The van der Waals surface area contributed by atoms with Crippen LogP contribution in [0.3, 0.4) is 0 Å². The highest BCUT2D eigenvalue weighted by Gasteiger charge is 2.36. The Balaban J connectivity index is 1.64. The molecule has 0 spiro atoms. The first kappa shape index (κ1) is 21.2. The van der Waals surface area contributed by atoms with Crippen molar-refractivity contribution < 1.29 is 5.02 Å². The van der Waals surface area contributed by atoms with Crippen molar-refractivity contribution in [3.8, 4) is 27.9 Å². The molecule has 36 heavy (non-hydrogen) atoms. The van der Waals surface area contributed by atoms with E-state index in [1.807, 2.05) is 6.07 Å². The lowest BCUT2D eigenvalue weighted by Crippen LogP contribution is -2.29. The molecule has 0 unspecified atom stereocenters. The van der Waals surface area contributed by atoms with Gasteiger partial charge in [-0.15, -0.1) is 0 Å². The third-order valence-corrected chi connectivity index (χ3v) is 7.83. The molecule has 2 heterocycles. The third-order valence-electron chi connectivity index (χ3n) is 7.83. The summed E-state index contributed by atoms with van der Waals surface area (Å²) in [5.74, 6) is 0. The van der Waals surface area contributed by atoms with Gasteiger partial charge in [0.1, 0.15) is 0 Å². The summed E-state index contributed by atoms with van der Waals surface area (Å²) in [5.41, 5.74) is 11.6. The molecule has 2 nitrogen and oxygen atoms in total. The van der Waals surface area contributed by atoms with Crippen molar-refractivity contribution in [1.29, 1.82) is 0 Å². The molecule has 1 radical (unpaired) electrons. The maximum atomic E-state index is 9.79. The van der Waals surface area contributed by atoms with Crippen molar-refractivity contribution in [1.82, 2.24) is 4.57 Å². The molecular weight excluding hydrogens is 437 g/mol. The highest BCUT2D eigenvalue weighted by Crippen LogP contribution is 2.49. The summed E-state index contributed by atoms with van der Waals surface area (Å²) >= 11 is 0. The van der Waals surface area contributed by atoms with Gasteiger partial charge >= 0.3 is 7.48 Å². The zero-order valence-electron chi connectivity index (χ0n) is 20.4. The fourth-order valence-corrected chi connectivity index (χ4v) is 5.96. The van der Waals surface area contributed by atoms with Crippen molar-refractivity contribution in [3.05, 3.63) is 120 Å². The summed E-state index contributed by atoms with van der Waals surface area (Å²) < 4.78 is 2.42. The maximum absolute atomic E-state index is 9.79. The van der Waals surface area contributed by atoms with Gasteiger partial charge in [0, 0.05) is 16.2 Å². The van der Waals surface area contributed by atoms with Gasteiger partial charge in [-0.25, -0.2) is 0 Å². The molecule has 0 bridgehead atoms. The van der Waals surface area contributed by atoms with E-state index in [1.165, 1.54) is 68.4 Å². The van der Waals surface area contributed by atoms with Crippen LogP contribution in [0.25, 0.3) is 49.7 Å². The van der Waals surface area contributed by atoms with E-state index in [2.05, 4.69) is 122 Å². The van der Waals surface area contributed by atoms with Gasteiger partial charge in [0.25, 0.3) is 0 Å². The lowest BCUT2D eigenvalue weighted by Gasteiger charge is -2.35. The molecule has 1 aromatic heterocycles. The highest BCUT2D eigenvalue weighted by atomic mass is 16.2. The lowest BCUT2D eigenvalue weighted by molar-refractivity contribution is 0.613. The molecule has 6 aromatic rings. The summed E-state index contributed by atoms with van der Waals surface area (Å²) in [6, 6.07) is 39.1. The Morgan fingerprint density at radius 2 is 1.28 bits per heavy atom. The average molecular weight is 462 g/mol. The molecule has 1 aliphatic rings. The van der Waals surface area contributed by atoms with E-state index in [4.69, 9.17) is 0 Å². The van der Waals surface area contributed by atoms with Gasteiger partial charge in [-0.05, 0) is 63.7 Å². The Labute approximate surface area is 211 Å². The molecule has 0 saturated heterocycles. The van der Waals surface area contributed by atoms with Crippen molar-refractivity contribution in [2.75, 3.05) is 0 Å². The molecule has 7 rings (SSSR count). The second kappa shape index (κ2) is 7.71. The Morgan fingerprint density at radius 3 is 1.97 bits per heavy atom. The zero-order valence-corrected chi connectivity index (χ0v) is 20.4. The van der Waals surface area contributed by atoms with E-state index < -0.39 is 0 Å². The Morgan fingerprint density at radius 1 is 0.611 bits per heavy atom. The first-order chi connectivity index (χ1) is 17.6. The van der Waals surface area contributed by atoms with Gasteiger partial charge in [0.15, 0.2) is 0 Å². The number of rotatable bonds is 3. The second-order valence-electron chi connectivity index (χ2n) is 10.3. The Bertz CT molecular complexity index is 1780. The number of nitrogens with zero attached hydrogens (tertiary/aromatic N) is 1. The van der Waals surface area contributed by atoms with Crippen LogP contribution < -0.4 is 5.46 Å². The van der Waals surface area contributed by atoms with E-state index >= 15 is 0 Å². The van der Waals surface area contributed by atoms with Gasteiger partial charge in [-0.2, -0.15) is 0 Å². The first-order valence-electron chi connectivity index (χ1n) is 12.4. The molecular formula is C33H25BNO. The minimum atomic E-state index is -0.232. The molecule has 171 valence electrons. The molecule has 0 saturated carbocycles. The van der Waals surface area contributed by atoms with Gasteiger partial charge in [-0.1, -0.05) is 98.2 Å². The smallest absolute Gasteiger partial charge is 0.326 e. The number of fused-ring (bicyclic) bond motifs is 5. The van der Waals surface area contributed by atoms with Gasteiger partial charge in [-0.3, -0.25) is 0 Å². The van der Waals surface area contributed by atoms with Crippen LogP contribution in [0.5, 0.6) is 0 Å². The second-order valence-corrected chi connectivity index (χ2v) is 10.3. The molecule has 0 fully saturated rings. The van der Waals surface area contributed by atoms with Gasteiger partial charge in [0.05, 0.1) is 16.7 Å². The van der Waals surface area contributed by atoms with E-state index in [0.29, 0.717) is 0 Å². The minimum absolute atomic E-state index is 0.232. The molecule has 0 aliphatic carbocycles. The predicted octanol–water partition coefficient (Wildman–Crippen LogP) is 6.99. The van der Waals surface area contributed by atoms with Crippen LogP contribution >= 0.6 is 0 Å². The molecule has 1 N–H and O–H groups in total. The molecule has 1 aliphatic heterocycles. The summed E-state index contributed by atoms with van der Waals surface area (Å²) in [6.45, 7) is 4.60. The Kier molecular flexibility index (Phi) is 4.55. The van der Waals surface area contributed by atoms with Gasteiger partial charge in [0.2, 0.25) is 0 Å². The van der Waals surface area contributed by atoms with Crippen molar-refractivity contribution in [2.45, 2.75) is 19.3 Å². The average Bonchev–Trinajstić information content (AvgIpc) is 3.26. The van der Waals surface area contributed by atoms with Crippen LogP contribution in [0.1, 0.15) is 25.0 Å². The molecule has 0 atom stereocenters. The van der Waals surface area contributed by atoms with E-state index in [9.17, 15) is 5.02 Å². The summed E-state index contributed by atoms with van der Waals surface area (Å²) in [4.78, 5) is 0. The summed E-state index contributed by atoms with van der Waals surface area (Å²) in [5, 5.41) is 12.3. The SMILES string of the molecule is CC1(C)c2cc([B]O)ccc2-n2c3ccc(-c4ccccc4)cc3c3cc(-c4ccccc4)cc1c32. The fraction of sp³-hybridized carbons (Fsp3) is 0.0909. The largest absolute Gasteiger partial charge is 0.450 e. The number of aromatic nitrogens is 1. The van der Waals surface area contributed by atoms with E-state index in [1.54, 1.807) is 0 Å². The first-order valence-corrected chi connectivity index (χ1v) is 12.4. The zero-order chi connectivity index (χ0) is 24.4. The number of benzene rings is 5. The van der Waals surface area contributed by atoms with Crippen LogP contribution in [0, 0.1) is 0 Å². The van der Waals surface area contributed by atoms with E-state index in [-0.39, 0.29) is 5.41 Å². The molecule has 0 amide bonds. The third kappa shape index (κ3) is 2.96. The topological polar surface area (TPSA) is 25.2 Å². The molecule has 5 aromatic carbocycles. The summed E-state index contributed by atoms with van der Waals surface area (Å²) in [7, 11) is 1.20. The maximum Gasteiger partial charge on any atom is 0.326 e.